The first-order valence-corrected chi connectivity index (χ1v) is 9.67. The molecule has 0 aliphatic carbocycles. The van der Waals surface area contributed by atoms with E-state index in [1.165, 1.54) is 5.56 Å². The van der Waals surface area contributed by atoms with Crippen molar-refractivity contribution in [3.63, 3.8) is 0 Å². The van der Waals surface area contributed by atoms with Gasteiger partial charge < -0.3 is 18.8 Å². The Bertz CT molecular complexity index is 799. The van der Waals surface area contributed by atoms with Gasteiger partial charge in [-0.15, -0.1) is 10.2 Å². The highest BCUT2D eigenvalue weighted by Gasteiger charge is 2.27. The van der Waals surface area contributed by atoms with Crippen molar-refractivity contribution in [2.24, 2.45) is 0 Å². The molecular weight excluding hydrogens is 344 g/mol. The highest BCUT2D eigenvalue weighted by Crippen LogP contribution is 2.32. The predicted molar refractivity (Wildman–Crippen MR) is 101 cm³/mol. The zero-order chi connectivity index (χ0) is 18.8. The molecule has 1 atom stereocenters. The van der Waals surface area contributed by atoms with Crippen molar-refractivity contribution in [3.8, 4) is 11.5 Å². The number of ether oxygens (including phenoxy) is 3. The van der Waals surface area contributed by atoms with E-state index >= 15 is 0 Å². The average molecular weight is 372 g/mol. The van der Waals surface area contributed by atoms with Crippen LogP contribution in [-0.4, -0.2) is 53.6 Å². The molecule has 146 valence electrons. The third-order valence-corrected chi connectivity index (χ3v) is 5.62. The molecule has 27 heavy (non-hydrogen) atoms. The number of methoxy groups -OCH3 is 2. The second-order valence-electron chi connectivity index (χ2n) is 7.24. The average Bonchev–Trinajstić information content (AvgIpc) is 3.30. The second-order valence-corrected chi connectivity index (χ2v) is 7.24. The molecule has 0 bridgehead atoms. The zero-order valence-corrected chi connectivity index (χ0v) is 16.4. The molecule has 1 aromatic carbocycles. The number of aromatic nitrogens is 3. The molecule has 0 amide bonds. The van der Waals surface area contributed by atoms with Gasteiger partial charge in [-0.3, -0.25) is 4.90 Å². The fourth-order valence-corrected chi connectivity index (χ4v) is 4.17. The SMILES string of the molecule is COc1ccc(CN2CCc3nnc([C@@H]4CCCO4)n3CC2)c(OC)c1C. The molecule has 0 N–H and O–H groups in total. The molecule has 1 saturated heterocycles. The number of hydrogen-bond acceptors (Lipinski definition) is 6. The van der Waals surface area contributed by atoms with Crippen LogP contribution >= 0.6 is 0 Å². The van der Waals surface area contributed by atoms with Gasteiger partial charge in [0.15, 0.2) is 5.82 Å². The van der Waals surface area contributed by atoms with E-state index < -0.39 is 0 Å². The van der Waals surface area contributed by atoms with E-state index in [2.05, 4.69) is 25.7 Å². The minimum atomic E-state index is 0.113. The maximum absolute atomic E-state index is 5.83. The van der Waals surface area contributed by atoms with E-state index in [1.807, 2.05) is 13.0 Å². The first-order valence-electron chi connectivity index (χ1n) is 9.67. The van der Waals surface area contributed by atoms with Gasteiger partial charge in [0, 0.05) is 50.3 Å². The van der Waals surface area contributed by atoms with E-state index in [0.29, 0.717) is 0 Å². The van der Waals surface area contributed by atoms with Crippen LogP contribution in [0, 0.1) is 6.92 Å². The summed E-state index contributed by atoms with van der Waals surface area (Å²) >= 11 is 0. The minimum Gasteiger partial charge on any atom is -0.496 e. The Kier molecular flexibility index (Phi) is 5.31. The van der Waals surface area contributed by atoms with Crippen LogP contribution in [0.4, 0.5) is 0 Å². The van der Waals surface area contributed by atoms with Crippen LogP contribution in [0.2, 0.25) is 0 Å². The standard InChI is InChI=1S/C20H28N4O3/c1-14-16(25-2)7-6-15(19(14)26-3)13-23-9-8-18-21-22-20(24(18)11-10-23)17-5-4-12-27-17/h6-7,17H,4-5,8-13H2,1-3H3/t17-/m0/s1. The van der Waals surface area contributed by atoms with Gasteiger partial charge in [-0.05, 0) is 25.8 Å². The Morgan fingerprint density at radius 2 is 2.04 bits per heavy atom. The Balaban J connectivity index is 1.49. The normalized spacial score (nSPS) is 20.3. The molecule has 7 heteroatoms. The van der Waals surface area contributed by atoms with E-state index in [-0.39, 0.29) is 6.10 Å². The number of rotatable bonds is 5. The summed E-state index contributed by atoms with van der Waals surface area (Å²) in [5.74, 6) is 3.85. The highest BCUT2D eigenvalue weighted by atomic mass is 16.5. The van der Waals surface area contributed by atoms with Crippen molar-refractivity contribution >= 4 is 0 Å². The lowest BCUT2D eigenvalue weighted by Crippen LogP contribution is -2.27. The van der Waals surface area contributed by atoms with Gasteiger partial charge in [0.25, 0.3) is 0 Å². The molecule has 1 aromatic heterocycles. The van der Waals surface area contributed by atoms with Gasteiger partial charge in [-0.2, -0.15) is 0 Å². The topological polar surface area (TPSA) is 61.6 Å². The summed E-state index contributed by atoms with van der Waals surface area (Å²) in [7, 11) is 3.42. The molecule has 0 unspecified atom stereocenters. The van der Waals surface area contributed by atoms with Crippen LogP contribution in [0.5, 0.6) is 11.5 Å². The van der Waals surface area contributed by atoms with Crippen LogP contribution in [-0.2, 0) is 24.2 Å². The molecule has 1 fully saturated rings. The van der Waals surface area contributed by atoms with Crippen LogP contribution in [0.25, 0.3) is 0 Å². The molecule has 0 saturated carbocycles. The fourth-order valence-electron chi connectivity index (χ4n) is 4.17. The van der Waals surface area contributed by atoms with E-state index in [9.17, 15) is 0 Å². The molecule has 7 nitrogen and oxygen atoms in total. The molecule has 3 heterocycles. The summed E-state index contributed by atoms with van der Waals surface area (Å²) in [5, 5.41) is 8.86. The van der Waals surface area contributed by atoms with Crippen molar-refractivity contribution in [1.29, 1.82) is 0 Å². The first-order chi connectivity index (χ1) is 13.2. The van der Waals surface area contributed by atoms with E-state index in [0.717, 1.165) is 80.8 Å². The van der Waals surface area contributed by atoms with Crippen molar-refractivity contribution in [1.82, 2.24) is 19.7 Å². The number of nitrogens with zero attached hydrogens (tertiary/aromatic N) is 4. The van der Waals surface area contributed by atoms with Gasteiger partial charge >= 0.3 is 0 Å². The summed E-state index contributed by atoms with van der Waals surface area (Å²) in [5.41, 5.74) is 2.23. The van der Waals surface area contributed by atoms with Gasteiger partial charge in [0.1, 0.15) is 23.4 Å². The molecule has 0 spiro atoms. The quantitative estimate of drug-likeness (QED) is 0.804. The van der Waals surface area contributed by atoms with Crippen molar-refractivity contribution < 1.29 is 14.2 Å². The largest absolute Gasteiger partial charge is 0.496 e. The molecule has 2 aliphatic rings. The summed E-state index contributed by atoms with van der Waals surface area (Å²) in [4.78, 5) is 2.46. The van der Waals surface area contributed by atoms with Crippen molar-refractivity contribution in [2.45, 2.75) is 45.4 Å². The lowest BCUT2D eigenvalue weighted by atomic mass is 10.1. The maximum atomic E-state index is 5.83. The van der Waals surface area contributed by atoms with Crippen LogP contribution < -0.4 is 9.47 Å². The second kappa shape index (κ2) is 7.86. The number of hydrogen-bond donors (Lipinski definition) is 0. The van der Waals surface area contributed by atoms with E-state index in [1.54, 1.807) is 14.2 Å². The molecule has 2 aromatic rings. The smallest absolute Gasteiger partial charge is 0.162 e. The Hall–Kier alpha value is -2.12. The Morgan fingerprint density at radius 3 is 2.78 bits per heavy atom. The summed E-state index contributed by atoms with van der Waals surface area (Å²) < 4.78 is 19.2. The summed E-state index contributed by atoms with van der Waals surface area (Å²) in [6.07, 6.45) is 3.17. The third kappa shape index (κ3) is 3.53. The van der Waals surface area contributed by atoms with Gasteiger partial charge in [-0.25, -0.2) is 0 Å². The third-order valence-electron chi connectivity index (χ3n) is 5.62. The van der Waals surface area contributed by atoms with E-state index in [4.69, 9.17) is 14.2 Å². The van der Waals surface area contributed by atoms with Gasteiger partial charge in [-0.1, -0.05) is 6.07 Å². The maximum Gasteiger partial charge on any atom is 0.162 e. The first kappa shape index (κ1) is 18.3. The fraction of sp³-hybridized carbons (Fsp3) is 0.600. The van der Waals surface area contributed by atoms with Crippen molar-refractivity contribution in [3.05, 3.63) is 34.9 Å². The lowest BCUT2D eigenvalue weighted by Gasteiger charge is -2.22. The molecule has 0 radical (unpaired) electrons. The number of benzene rings is 1. The van der Waals surface area contributed by atoms with Crippen LogP contribution in [0.1, 0.15) is 41.7 Å². The lowest BCUT2D eigenvalue weighted by molar-refractivity contribution is 0.101. The minimum absolute atomic E-state index is 0.113. The van der Waals surface area contributed by atoms with Gasteiger partial charge in [0.05, 0.1) is 14.2 Å². The highest BCUT2D eigenvalue weighted by molar-refractivity contribution is 5.49. The van der Waals surface area contributed by atoms with Crippen LogP contribution in [0.15, 0.2) is 12.1 Å². The van der Waals surface area contributed by atoms with Crippen molar-refractivity contribution in [2.75, 3.05) is 33.9 Å². The Labute approximate surface area is 160 Å². The molecular formula is C20H28N4O3. The van der Waals surface area contributed by atoms with Gasteiger partial charge in [0.2, 0.25) is 0 Å². The van der Waals surface area contributed by atoms with Crippen LogP contribution in [0.3, 0.4) is 0 Å². The zero-order valence-electron chi connectivity index (χ0n) is 16.4. The molecule has 4 rings (SSSR count). The monoisotopic (exact) mass is 372 g/mol. The summed E-state index contributed by atoms with van der Waals surface area (Å²) in [6.45, 7) is 6.53. The number of fused-ring (bicyclic) bond motifs is 1. The summed E-state index contributed by atoms with van der Waals surface area (Å²) in [6, 6.07) is 4.13. The Morgan fingerprint density at radius 1 is 1.15 bits per heavy atom. The molecule has 2 aliphatic heterocycles. The predicted octanol–water partition coefficient (Wildman–Crippen LogP) is 2.51.